The molecule has 2 rings (SSSR count). The van der Waals surface area contributed by atoms with E-state index < -0.39 is 0 Å². The minimum atomic E-state index is -0.154. The van der Waals surface area contributed by atoms with E-state index in [0.29, 0.717) is 16.3 Å². The number of aromatic nitrogens is 1. The van der Waals surface area contributed by atoms with Gasteiger partial charge in [-0.1, -0.05) is 30.7 Å². The van der Waals surface area contributed by atoms with Gasteiger partial charge in [0.25, 0.3) is 0 Å². The monoisotopic (exact) mass is 247 g/mol. The van der Waals surface area contributed by atoms with Gasteiger partial charge in [0.2, 0.25) is 5.88 Å². The molecule has 0 amide bonds. The Kier molecular flexibility index (Phi) is 3.24. The van der Waals surface area contributed by atoms with E-state index in [1.165, 1.54) is 11.3 Å². The highest BCUT2D eigenvalue weighted by Gasteiger charge is 2.16. The number of hydrogen-bond donors (Lipinski definition) is 1. The minimum absolute atomic E-state index is 0.0705. The maximum absolute atomic E-state index is 11.6. The van der Waals surface area contributed by atoms with Crippen molar-refractivity contribution in [1.82, 2.24) is 4.98 Å². The number of thiazole rings is 1. The van der Waals surface area contributed by atoms with E-state index in [1.807, 2.05) is 31.2 Å². The van der Waals surface area contributed by atoms with Gasteiger partial charge in [0.1, 0.15) is 9.88 Å². The minimum Gasteiger partial charge on any atom is -0.492 e. The summed E-state index contributed by atoms with van der Waals surface area (Å²) in [4.78, 5) is 16.0. The van der Waals surface area contributed by atoms with E-state index >= 15 is 0 Å². The Hall–Kier alpha value is -1.68. The lowest BCUT2D eigenvalue weighted by Gasteiger charge is -1.96. The topological polar surface area (TPSA) is 50.2 Å². The van der Waals surface area contributed by atoms with Crippen molar-refractivity contribution in [2.75, 3.05) is 0 Å². The largest absolute Gasteiger partial charge is 0.492 e. The number of benzene rings is 1. The Morgan fingerprint density at radius 2 is 2.24 bits per heavy atom. The molecule has 0 saturated heterocycles. The van der Waals surface area contributed by atoms with Crippen LogP contribution < -0.4 is 0 Å². The number of Topliss-reactive ketones (excluding diaryl/α,β-unsaturated/α-hetero) is 1. The lowest BCUT2D eigenvalue weighted by Crippen LogP contribution is -1.92. The molecule has 0 bridgehead atoms. The first-order chi connectivity index (χ1) is 8.11. The van der Waals surface area contributed by atoms with Gasteiger partial charge in [0.05, 0.1) is 0 Å². The van der Waals surface area contributed by atoms with Crippen LogP contribution in [0.4, 0.5) is 0 Å². The Morgan fingerprint density at radius 3 is 2.88 bits per heavy atom. The van der Waals surface area contributed by atoms with E-state index in [1.54, 1.807) is 6.92 Å². The molecule has 1 aromatic heterocycles. The maximum atomic E-state index is 11.6. The van der Waals surface area contributed by atoms with Crippen LogP contribution in [0.15, 0.2) is 24.3 Å². The van der Waals surface area contributed by atoms with Crippen LogP contribution in [0.25, 0.3) is 10.6 Å². The molecule has 0 unspecified atom stereocenters. The summed E-state index contributed by atoms with van der Waals surface area (Å²) in [6, 6.07) is 7.84. The van der Waals surface area contributed by atoms with Crippen molar-refractivity contribution >= 4 is 17.1 Å². The highest BCUT2D eigenvalue weighted by molar-refractivity contribution is 7.17. The summed E-state index contributed by atoms with van der Waals surface area (Å²) in [7, 11) is 0. The van der Waals surface area contributed by atoms with E-state index in [-0.39, 0.29) is 11.7 Å². The Morgan fingerprint density at radius 1 is 1.47 bits per heavy atom. The van der Waals surface area contributed by atoms with Gasteiger partial charge in [0, 0.05) is 12.0 Å². The molecule has 0 aliphatic heterocycles. The second-order valence-electron chi connectivity index (χ2n) is 3.82. The molecule has 1 heterocycles. The van der Waals surface area contributed by atoms with E-state index in [0.717, 1.165) is 11.1 Å². The summed E-state index contributed by atoms with van der Waals surface area (Å²) < 4.78 is 0. The Labute approximate surface area is 104 Å². The van der Waals surface area contributed by atoms with E-state index in [4.69, 9.17) is 0 Å². The fourth-order valence-electron chi connectivity index (χ4n) is 1.56. The van der Waals surface area contributed by atoms with Gasteiger partial charge in [-0.25, -0.2) is 4.98 Å². The molecule has 0 aliphatic carbocycles. The number of carbonyl (C=O) groups is 1. The smallest absolute Gasteiger partial charge is 0.233 e. The third-order valence-corrected chi connectivity index (χ3v) is 3.58. The van der Waals surface area contributed by atoms with Crippen molar-refractivity contribution in [3.8, 4) is 16.5 Å². The predicted molar refractivity (Wildman–Crippen MR) is 68.6 cm³/mol. The molecule has 2 aromatic rings. The van der Waals surface area contributed by atoms with Crippen LogP contribution in [0.3, 0.4) is 0 Å². The second-order valence-corrected chi connectivity index (χ2v) is 4.82. The Bertz CT molecular complexity index is 560. The molecule has 3 nitrogen and oxygen atoms in total. The van der Waals surface area contributed by atoms with Gasteiger partial charge in [-0.3, -0.25) is 4.79 Å². The molecular weight excluding hydrogens is 234 g/mol. The summed E-state index contributed by atoms with van der Waals surface area (Å²) in [5.41, 5.74) is 2.06. The zero-order chi connectivity index (χ0) is 12.4. The van der Waals surface area contributed by atoms with Crippen molar-refractivity contribution in [3.63, 3.8) is 0 Å². The van der Waals surface area contributed by atoms with Crippen LogP contribution in [0.2, 0.25) is 0 Å². The lowest BCUT2D eigenvalue weighted by molar-refractivity contribution is 0.0989. The third-order valence-electron chi connectivity index (χ3n) is 2.45. The first-order valence-electron chi connectivity index (χ1n) is 5.42. The number of rotatable bonds is 3. The molecule has 0 atom stereocenters. The molecule has 0 saturated carbocycles. The van der Waals surface area contributed by atoms with Gasteiger partial charge in [0.15, 0.2) is 5.78 Å². The number of ketones is 1. The first-order valence-corrected chi connectivity index (χ1v) is 6.23. The first kappa shape index (κ1) is 11.8. The molecule has 0 spiro atoms. The molecule has 1 N–H and O–H groups in total. The molecule has 0 fully saturated rings. The number of carbonyl (C=O) groups excluding carboxylic acids is 1. The standard InChI is InChI=1S/C13H13NO2S/c1-3-10(15)11-12(16)14-13(17-11)9-6-4-5-8(2)7-9/h4-7,16H,3H2,1-2H3. The van der Waals surface area contributed by atoms with Crippen LogP contribution in [0, 0.1) is 6.92 Å². The number of hydrogen-bond acceptors (Lipinski definition) is 4. The zero-order valence-electron chi connectivity index (χ0n) is 9.73. The van der Waals surface area contributed by atoms with Crippen molar-refractivity contribution < 1.29 is 9.90 Å². The van der Waals surface area contributed by atoms with Crippen molar-refractivity contribution in [2.45, 2.75) is 20.3 Å². The van der Waals surface area contributed by atoms with Crippen LogP contribution in [0.1, 0.15) is 28.6 Å². The normalized spacial score (nSPS) is 10.5. The molecule has 0 aliphatic rings. The summed E-state index contributed by atoms with van der Waals surface area (Å²) in [5, 5.41) is 10.3. The SMILES string of the molecule is CCC(=O)c1sc(-c2cccc(C)c2)nc1O. The average Bonchev–Trinajstić information content (AvgIpc) is 2.70. The summed E-state index contributed by atoms with van der Waals surface area (Å²) in [6.45, 7) is 3.77. The maximum Gasteiger partial charge on any atom is 0.233 e. The molecular formula is C13H13NO2S. The third kappa shape index (κ3) is 2.36. The molecule has 17 heavy (non-hydrogen) atoms. The molecule has 0 radical (unpaired) electrons. The van der Waals surface area contributed by atoms with Crippen LogP contribution in [0.5, 0.6) is 5.88 Å². The Balaban J connectivity index is 2.44. The molecule has 4 heteroatoms. The van der Waals surface area contributed by atoms with Gasteiger partial charge in [-0.05, 0) is 13.0 Å². The number of aryl methyl sites for hydroxylation is 1. The average molecular weight is 247 g/mol. The summed E-state index contributed by atoms with van der Waals surface area (Å²) in [5.74, 6) is -0.225. The lowest BCUT2D eigenvalue weighted by atomic mass is 10.1. The highest BCUT2D eigenvalue weighted by atomic mass is 32.1. The van der Waals surface area contributed by atoms with Gasteiger partial charge in [-0.15, -0.1) is 11.3 Å². The van der Waals surface area contributed by atoms with Crippen LogP contribution in [-0.4, -0.2) is 15.9 Å². The number of aromatic hydroxyl groups is 1. The van der Waals surface area contributed by atoms with Crippen molar-refractivity contribution in [1.29, 1.82) is 0 Å². The molecule has 88 valence electrons. The summed E-state index contributed by atoms with van der Waals surface area (Å²) >= 11 is 1.24. The van der Waals surface area contributed by atoms with Crippen LogP contribution >= 0.6 is 11.3 Å². The van der Waals surface area contributed by atoms with Crippen molar-refractivity contribution in [3.05, 3.63) is 34.7 Å². The number of nitrogens with zero attached hydrogens (tertiary/aromatic N) is 1. The highest BCUT2D eigenvalue weighted by Crippen LogP contribution is 2.32. The summed E-state index contributed by atoms with van der Waals surface area (Å²) in [6.07, 6.45) is 0.378. The van der Waals surface area contributed by atoms with E-state index in [9.17, 15) is 9.90 Å². The second kappa shape index (κ2) is 4.67. The van der Waals surface area contributed by atoms with Crippen molar-refractivity contribution in [2.24, 2.45) is 0 Å². The fourth-order valence-corrected chi connectivity index (χ4v) is 2.52. The predicted octanol–water partition coefficient (Wildman–Crippen LogP) is 3.42. The van der Waals surface area contributed by atoms with E-state index in [2.05, 4.69) is 4.98 Å². The quantitative estimate of drug-likeness (QED) is 0.845. The fraction of sp³-hybridized carbons (Fsp3) is 0.231. The van der Waals surface area contributed by atoms with Crippen LogP contribution in [-0.2, 0) is 0 Å². The van der Waals surface area contributed by atoms with Gasteiger partial charge < -0.3 is 5.11 Å². The van der Waals surface area contributed by atoms with Gasteiger partial charge >= 0.3 is 0 Å². The van der Waals surface area contributed by atoms with Gasteiger partial charge in [-0.2, -0.15) is 0 Å². The molecule has 1 aromatic carbocycles. The zero-order valence-corrected chi connectivity index (χ0v) is 10.5.